The van der Waals surface area contributed by atoms with Gasteiger partial charge < -0.3 is 9.67 Å². The van der Waals surface area contributed by atoms with Gasteiger partial charge in [0.05, 0.1) is 11.5 Å². The van der Waals surface area contributed by atoms with Crippen LogP contribution in [-0.4, -0.2) is 24.6 Å². The number of rotatable bonds is 7. The highest BCUT2D eigenvalue weighted by Gasteiger charge is 2.19. The second-order valence-corrected chi connectivity index (χ2v) is 6.95. The summed E-state index contributed by atoms with van der Waals surface area (Å²) in [4.78, 5) is 0.217. The predicted molar refractivity (Wildman–Crippen MR) is 75.2 cm³/mol. The molecule has 0 aliphatic heterocycles. The number of aliphatic hydroxyl groups excluding tert-OH is 1. The van der Waals surface area contributed by atoms with E-state index in [1.165, 1.54) is 6.07 Å². The number of aryl methyl sites for hydroxylation is 1. The van der Waals surface area contributed by atoms with Crippen molar-refractivity contribution in [3.8, 4) is 0 Å². The van der Waals surface area contributed by atoms with Gasteiger partial charge in [-0.25, -0.2) is 13.1 Å². The number of nitrogens with one attached hydrogen (secondary N) is 1. The van der Waals surface area contributed by atoms with Gasteiger partial charge in [0.25, 0.3) is 0 Å². The molecule has 0 fully saturated rings. The van der Waals surface area contributed by atoms with E-state index in [1.807, 2.05) is 13.8 Å². The Labute approximate surface area is 115 Å². The summed E-state index contributed by atoms with van der Waals surface area (Å²) in [6.45, 7) is 8.95. The Kier molecular flexibility index (Phi) is 5.58. The van der Waals surface area contributed by atoms with Crippen LogP contribution in [0.15, 0.2) is 17.2 Å². The average molecular weight is 288 g/mol. The van der Waals surface area contributed by atoms with E-state index in [-0.39, 0.29) is 17.4 Å². The van der Waals surface area contributed by atoms with Crippen LogP contribution >= 0.6 is 0 Å². The molecule has 0 aliphatic carbocycles. The van der Waals surface area contributed by atoms with E-state index in [0.717, 1.165) is 0 Å². The van der Waals surface area contributed by atoms with E-state index in [1.54, 1.807) is 10.8 Å². The lowest BCUT2D eigenvalue weighted by molar-refractivity contribution is 0.271. The van der Waals surface area contributed by atoms with Gasteiger partial charge in [-0.2, -0.15) is 0 Å². The molecule has 0 saturated heterocycles. The Bertz CT molecular complexity index is 484. The minimum Gasteiger partial charge on any atom is -0.390 e. The molecule has 1 rings (SSSR count). The fraction of sp³-hybridized carbons (Fsp3) is 0.692. The standard InChI is InChI=1S/C13H24N2O3S/c1-5-15-8-13(6-12(15)9-16)19(17,18)14-7-11(4)10(2)3/h6,8,10-11,14,16H,5,7,9H2,1-4H3. The average Bonchev–Trinajstić information content (AvgIpc) is 2.79. The molecule has 1 heterocycles. The number of aromatic nitrogens is 1. The van der Waals surface area contributed by atoms with Gasteiger partial charge >= 0.3 is 0 Å². The van der Waals surface area contributed by atoms with Crippen LogP contribution in [0.5, 0.6) is 0 Å². The molecule has 6 heteroatoms. The Balaban J connectivity index is 2.85. The van der Waals surface area contributed by atoms with E-state index >= 15 is 0 Å². The summed E-state index contributed by atoms with van der Waals surface area (Å²) >= 11 is 0. The van der Waals surface area contributed by atoms with E-state index in [4.69, 9.17) is 0 Å². The van der Waals surface area contributed by atoms with Crippen molar-refractivity contribution in [2.75, 3.05) is 6.54 Å². The largest absolute Gasteiger partial charge is 0.390 e. The summed E-state index contributed by atoms with van der Waals surface area (Å²) in [5, 5.41) is 9.18. The summed E-state index contributed by atoms with van der Waals surface area (Å²) in [7, 11) is -3.49. The number of hydrogen-bond donors (Lipinski definition) is 2. The molecule has 1 aromatic heterocycles. The first-order chi connectivity index (χ1) is 8.81. The highest BCUT2D eigenvalue weighted by molar-refractivity contribution is 7.89. The maximum atomic E-state index is 12.2. The molecule has 1 aromatic rings. The molecule has 0 amide bonds. The highest BCUT2D eigenvalue weighted by Crippen LogP contribution is 2.16. The van der Waals surface area contributed by atoms with Crippen LogP contribution in [0.2, 0.25) is 0 Å². The molecular weight excluding hydrogens is 264 g/mol. The first kappa shape index (κ1) is 16.2. The molecule has 1 unspecified atom stereocenters. The van der Waals surface area contributed by atoms with Crippen LogP contribution in [0.4, 0.5) is 0 Å². The number of hydrogen-bond acceptors (Lipinski definition) is 3. The van der Waals surface area contributed by atoms with Gasteiger partial charge in [0.2, 0.25) is 10.0 Å². The first-order valence-corrected chi connectivity index (χ1v) is 8.09. The molecule has 0 aliphatic rings. The van der Waals surface area contributed by atoms with E-state index in [9.17, 15) is 13.5 Å². The van der Waals surface area contributed by atoms with Crippen LogP contribution in [0, 0.1) is 11.8 Å². The molecule has 19 heavy (non-hydrogen) atoms. The second-order valence-electron chi connectivity index (χ2n) is 5.18. The summed E-state index contributed by atoms with van der Waals surface area (Å²) in [5.74, 6) is 0.705. The maximum Gasteiger partial charge on any atom is 0.242 e. The minimum atomic E-state index is -3.49. The fourth-order valence-electron chi connectivity index (χ4n) is 1.66. The van der Waals surface area contributed by atoms with Crippen molar-refractivity contribution in [2.45, 2.75) is 45.7 Å². The zero-order chi connectivity index (χ0) is 14.6. The monoisotopic (exact) mass is 288 g/mol. The number of sulfonamides is 1. The number of nitrogens with zero attached hydrogens (tertiary/aromatic N) is 1. The molecule has 0 bridgehead atoms. The van der Waals surface area contributed by atoms with Crippen LogP contribution in [-0.2, 0) is 23.2 Å². The zero-order valence-corrected chi connectivity index (χ0v) is 12.9. The molecule has 2 N–H and O–H groups in total. The van der Waals surface area contributed by atoms with E-state index in [2.05, 4.69) is 18.6 Å². The van der Waals surface area contributed by atoms with Crippen molar-refractivity contribution in [2.24, 2.45) is 11.8 Å². The number of aliphatic hydroxyl groups is 1. The lowest BCUT2D eigenvalue weighted by Gasteiger charge is -2.15. The van der Waals surface area contributed by atoms with Crippen molar-refractivity contribution < 1.29 is 13.5 Å². The Hall–Kier alpha value is -0.850. The molecule has 0 spiro atoms. The van der Waals surface area contributed by atoms with Gasteiger partial charge in [0.1, 0.15) is 0 Å². The van der Waals surface area contributed by atoms with Gasteiger partial charge in [0.15, 0.2) is 0 Å². The van der Waals surface area contributed by atoms with Crippen molar-refractivity contribution >= 4 is 10.0 Å². The Morgan fingerprint density at radius 1 is 1.37 bits per heavy atom. The van der Waals surface area contributed by atoms with Crippen molar-refractivity contribution in [3.05, 3.63) is 18.0 Å². The topological polar surface area (TPSA) is 71.3 Å². The van der Waals surface area contributed by atoms with Crippen LogP contribution in [0.3, 0.4) is 0 Å². The lowest BCUT2D eigenvalue weighted by atomic mass is 9.99. The molecule has 110 valence electrons. The highest BCUT2D eigenvalue weighted by atomic mass is 32.2. The fourth-order valence-corrected chi connectivity index (χ4v) is 2.87. The third-order valence-electron chi connectivity index (χ3n) is 3.51. The zero-order valence-electron chi connectivity index (χ0n) is 12.0. The predicted octanol–water partition coefficient (Wildman–Crippen LogP) is 1.57. The van der Waals surface area contributed by atoms with Crippen molar-refractivity contribution in [1.82, 2.24) is 9.29 Å². The molecule has 0 aromatic carbocycles. The maximum absolute atomic E-state index is 12.2. The van der Waals surface area contributed by atoms with Crippen LogP contribution < -0.4 is 4.72 Å². The van der Waals surface area contributed by atoms with E-state index in [0.29, 0.717) is 24.7 Å². The summed E-state index contributed by atoms with van der Waals surface area (Å²) in [6, 6.07) is 1.52. The molecule has 0 saturated carbocycles. The second kappa shape index (κ2) is 6.54. The first-order valence-electron chi connectivity index (χ1n) is 6.61. The molecule has 0 radical (unpaired) electrons. The smallest absolute Gasteiger partial charge is 0.242 e. The third kappa shape index (κ3) is 4.06. The molecule has 1 atom stereocenters. The van der Waals surface area contributed by atoms with Crippen molar-refractivity contribution in [1.29, 1.82) is 0 Å². The molecule has 5 nitrogen and oxygen atoms in total. The van der Waals surface area contributed by atoms with Crippen LogP contribution in [0.25, 0.3) is 0 Å². The Morgan fingerprint density at radius 2 is 2.00 bits per heavy atom. The summed E-state index contributed by atoms with van der Waals surface area (Å²) < 4.78 is 28.7. The van der Waals surface area contributed by atoms with Gasteiger partial charge in [-0.3, -0.25) is 0 Å². The molecular formula is C13H24N2O3S. The van der Waals surface area contributed by atoms with E-state index < -0.39 is 10.0 Å². The van der Waals surface area contributed by atoms with Crippen LogP contribution in [0.1, 0.15) is 33.4 Å². The third-order valence-corrected chi connectivity index (χ3v) is 4.90. The quantitative estimate of drug-likeness (QED) is 0.800. The van der Waals surface area contributed by atoms with Gasteiger partial charge in [0, 0.05) is 25.0 Å². The van der Waals surface area contributed by atoms with Gasteiger partial charge in [-0.15, -0.1) is 0 Å². The van der Waals surface area contributed by atoms with Crippen molar-refractivity contribution in [3.63, 3.8) is 0 Å². The summed E-state index contributed by atoms with van der Waals surface area (Å²) in [5.41, 5.74) is 0.611. The normalized spacial score (nSPS) is 14.0. The Morgan fingerprint density at radius 3 is 2.42 bits per heavy atom. The SMILES string of the molecule is CCn1cc(S(=O)(=O)NCC(C)C(C)C)cc1CO. The van der Waals surface area contributed by atoms with Gasteiger partial charge in [-0.1, -0.05) is 20.8 Å². The lowest BCUT2D eigenvalue weighted by Crippen LogP contribution is -2.30. The van der Waals surface area contributed by atoms with Gasteiger partial charge in [-0.05, 0) is 24.8 Å². The summed E-state index contributed by atoms with van der Waals surface area (Å²) in [6.07, 6.45) is 1.56. The minimum absolute atomic E-state index is 0.161.